The first-order chi connectivity index (χ1) is 9.68. The van der Waals surface area contributed by atoms with E-state index in [0.717, 1.165) is 6.42 Å². The second-order valence-corrected chi connectivity index (χ2v) is 8.87. The standard InChI is InChI=1S/C16H23NO3S/c1-16(2,9-10-21(3,19)20)17-15(18)14-11-13(14)12-7-5-4-6-8-12/h4-8,13-14H,9-11H2,1-3H3,(H,17,18)/t13-,14+/m1/s1. The van der Waals surface area contributed by atoms with Gasteiger partial charge in [-0.2, -0.15) is 0 Å². The van der Waals surface area contributed by atoms with Crippen LogP contribution in [0.3, 0.4) is 0 Å². The molecule has 0 radical (unpaired) electrons. The Morgan fingerprint density at radius 3 is 2.48 bits per heavy atom. The molecule has 0 saturated heterocycles. The smallest absolute Gasteiger partial charge is 0.224 e. The number of carbonyl (C=O) groups is 1. The van der Waals surface area contributed by atoms with Gasteiger partial charge >= 0.3 is 0 Å². The first-order valence-corrected chi connectivity index (χ1v) is 9.29. The van der Waals surface area contributed by atoms with Gasteiger partial charge in [0.15, 0.2) is 0 Å². The second-order valence-electron chi connectivity index (χ2n) is 6.61. The molecule has 0 bridgehead atoms. The minimum Gasteiger partial charge on any atom is -0.351 e. The van der Waals surface area contributed by atoms with Gasteiger partial charge in [-0.1, -0.05) is 30.3 Å². The van der Waals surface area contributed by atoms with Crippen molar-refractivity contribution in [1.82, 2.24) is 5.32 Å². The van der Waals surface area contributed by atoms with E-state index in [9.17, 15) is 13.2 Å². The van der Waals surface area contributed by atoms with Gasteiger partial charge in [0.2, 0.25) is 5.91 Å². The Balaban J connectivity index is 1.88. The Kier molecular flexibility index (Phi) is 4.42. The molecule has 1 fully saturated rings. The summed E-state index contributed by atoms with van der Waals surface area (Å²) in [6, 6.07) is 10.0. The predicted octanol–water partition coefficient (Wildman–Crippen LogP) is 2.12. The highest BCUT2D eigenvalue weighted by molar-refractivity contribution is 7.90. The fourth-order valence-electron chi connectivity index (χ4n) is 2.48. The molecule has 1 N–H and O–H groups in total. The van der Waals surface area contributed by atoms with Gasteiger partial charge in [0.05, 0.1) is 5.75 Å². The lowest BCUT2D eigenvalue weighted by molar-refractivity contribution is -0.124. The molecule has 1 aromatic rings. The number of nitrogens with one attached hydrogen (secondary N) is 1. The van der Waals surface area contributed by atoms with Crippen LogP contribution in [0.1, 0.15) is 38.2 Å². The largest absolute Gasteiger partial charge is 0.351 e. The Hall–Kier alpha value is -1.36. The molecule has 21 heavy (non-hydrogen) atoms. The van der Waals surface area contributed by atoms with Gasteiger partial charge in [-0.15, -0.1) is 0 Å². The molecule has 2 atom stereocenters. The maximum atomic E-state index is 12.3. The molecule has 1 amide bonds. The van der Waals surface area contributed by atoms with E-state index >= 15 is 0 Å². The van der Waals surface area contributed by atoms with Crippen LogP contribution in [-0.4, -0.2) is 31.9 Å². The Morgan fingerprint density at radius 1 is 1.29 bits per heavy atom. The van der Waals surface area contributed by atoms with Crippen molar-refractivity contribution in [2.45, 2.75) is 38.1 Å². The van der Waals surface area contributed by atoms with Gasteiger partial charge in [0, 0.05) is 17.7 Å². The summed E-state index contributed by atoms with van der Waals surface area (Å²) in [5.74, 6) is 0.441. The molecule has 2 rings (SSSR count). The maximum Gasteiger partial charge on any atom is 0.224 e. The van der Waals surface area contributed by atoms with Crippen molar-refractivity contribution in [2.24, 2.45) is 5.92 Å². The highest BCUT2D eigenvalue weighted by Gasteiger charge is 2.44. The van der Waals surface area contributed by atoms with Gasteiger partial charge in [-0.3, -0.25) is 4.79 Å². The lowest BCUT2D eigenvalue weighted by Crippen LogP contribution is -2.45. The van der Waals surface area contributed by atoms with Gasteiger partial charge in [0.25, 0.3) is 0 Å². The second kappa shape index (κ2) is 5.79. The van der Waals surface area contributed by atoms with Crippen molar-refractivity contribution in [3.8, 4) is 0 Å². The summed E-state index contributed by atoms with van der Waals surface area (Å²) in [4.78, 5) is 12.3. The zero-order valence-electron chi connectivity index (χ0n) is 12.8. The summed E-state index contributed by atoms with van der Waals surface area (Å²) in [7, 11) is -3.00. The quantitative estimate of drug-likeness (QED) is 0.875. The molecular formula is C16H23NO3S. The lowest BCUT2D eigenvalue weighted by Gasteiger charge is -2.26. The number of rotatable bonds is 6. The molecule has 0 unspecified atom stereocenters. The van der Waals surface area contributed by atoms with Gasteiger partial charge in [-0.25, -0.2) is 8.42 Å². The highest BCUT2D eigenvalue weighted by atomic mass is 32.2. The number of hydrogen-bond donors (Lipinski definition) is 1. The van der Waals surface area contributed by atoms with Crippen molar-refractivity contribution in [1.29, 1.82) is 0 Å². The average molecular weight is 309 g/mol. The van der Waals surface area contributed by atoms with E-state index in [1.807, 2.05) is 44.2 Å². The monoisotopic (exact) mass is 309 g/mol. The van der Waals surface area contributed by atoms with Crippen molar-refractivity contribution < 1.29 is 13.2 Å². The van der Waals surface area contributed by atoms with Gasteiger partial charge in [0.1, 0.15) is 9.84 Å². The van der Waals surface area contributed by atoms with Crippen LogP contribution in [0.2, 0.25) is 0 Å². The van der Waals surface area contributed by atoms with Crippen LogP contribution in [0.15, 0.2) is 30.3 Å². The molecule has 1 saturated carbocycles. The Labute approximate surface area is 126 Å². The molecule has 1 aliphatic rings. The normalized spacial score (nSPS) is 21.9. The summed E-state index contributed by atoms with van der Waals surface area (Å²) in [6.45, 7) is 3.74. The molecule has 116 valence electrons. The maximum absolute atomic E-state index is 12.3. The van der Waals surface area contributed by atoms with E-state index in [1.165, 1.54) is 11.8 Å². The lowest BCUT2D eigenvalue weighted by atomic mass is 10.0. The third kappa shape index (κ3) is 4.84. The van der Waals surface area contributed by atoms with Crippen LogP contribution >= 0.6 is 0 Å². The van der Waals surface area contributed by atoms with Crippen LogP contribution in [0.5, 0.6) is 0 Å². The van der Waals surface area contributed by atoms with E-state index in [2.05, 4.69) is 5.32 Å². The van der Waals surface area contributed by atoms with E-state index in [4.69, 9.17) is 0 Å². The first-order valence-electron chi connectivity index (χ1n) is 7.23. The van der Waals surface area contributed by atoms with Crippen molar-refractivity contribution in [3.05, 3.63) is 35.9 Å². The number of hydrogen-bond acceptors (Lipinski definition) is 3. The predicted molar refractivity (Wildman–Crippen MR) is 83.8 cm³/mol. The average Bonchev–Trinajstić information content (AvgIpc) is 3.17. The molecule has 1 aliphatic carbocycles. The van der Waals surface area contributed by atoms with Crippen LogP contribution in [0.4, 0.5) is 0 Å². The van der Waals surface area contributed by atoms with Crippen LogP contribution < -0.4 is 5.32 Å². The van der Waals surface area contributed by atoms with E-state index in [1.54, 1.807) is 0 Å². The molecule has 4 nitrogen and oxygen atoms in total. The summed E-state index contributed by atoms with van der Waals surface area (Å²) in [5, 5.41) is 2.99. The van der Waals surface area contributed by atoms with Crippen LogP contribution in [0, 0.1) is 5.92 Å². The molecule has 0 aromatic heterocycles. The molecule has 0 spiro atoms. The highest BCUT2D eigenvalue weighted by Crippen LogP contribution is 2.47. The SMILES string of the molecule is CC(C)(CCS(C)(=O)=O)NC(=O)[C@H]1C[C@@H]1c1ccccc1. The van der Waals surface area contributed by atoms with Crippen LogP contribution in [-0.2, 0) is 14.6 Å². The summed E-state index contributed by atoms with van der Waals surface area (Å²) in [6.07, 6.45) is 2.52. The zero-order valence-corrected chi connectivity index (χ0v) is 13.6. The third-order valence-electron chi connectivity index (χ3n) is 3.91. The molecule has 5 heteroatoms. The van der Waals surface area contributed by atoms with Crippen molar-refractivity contribution in [3.63, 3.8) is 0 Å². The topological polar surface area (TPSA) is 63.2 Å². The summed E-state index contributed by atoms with van der Waals surface area (Å²) >= 11 is 0. The van der Waals surface area contributed by atoms with Crippen LogP contribution in [0.25, 0.3) is 0 Å². The van der Waals surface area contributed by atoms with Crippen molar-refractivity contribution in [2.75, 3.05) is 12.0 Å². The van der Waals surface area contributed by atoms with E-state index in [-0.39, 0.29) is 17.6 Å². The Morgan fingerprint density at radius 2 is 1.90 bits per heavy atom. The Bertz CT molecular complexity index is 608. The summed E-state index contributed by atoms with van der Waals surface area (Å²) < 4.78 is 22.5. The minimum absolute atomic E-state index is 0.0184. The number of amides is 1. The van der Waals surface area contributed by atoms with Crippen molar-refractivity contribution >= 4 is 15.7 Å². The molecule has 1 aromatic carbocycles. The minimum atomic E-state index is -3.00. The van der Waals surface area contributed by atoms with Gasteiger partial charge < -0.3 is 5.32 Å². The molecule has 0 aliphatic heterocycles. The third-order valence-corrected chi connectivity index (χ3v) is 4.86. The van der Waals surface area contributed by atoms with Gasteiger partial charge in [-0.05, 0) is 38.2 Å². The fraction of sp³-hybridized carbons (Fsp3) is 0.562. The molecule has 0 heterocycles. The number of carbonyl (C=O) groups excluding carboxylic acids is 1. The van der Waals surface area contributed by atoms with E-state index < -0.39 is 15.4 Å². The number of sulfone groups is 1. The summed E-state index contributed by atoms with van der Waals surface area (Å²) in [5.41, 5.74) is 0.705. The zero-order chi connectivity index (χ0) is 15.7. The molecular weight excluding hydrogens is 286 g/mol. The first kappa shape index (κ1) is 16.0. The van der Waals surface area contributed by atoms with E-state index in [0.29, 0.717) is 12.3 Å². The fourth-order valence-corrected chi connectivity index (χ4v) is 3.36. The number of benzene rings is 1.